The summed E-state index contributed by atoms with van der Waals surface area (Å²) in [5, 5.41) is 2.85. The lowest BCUT2D eigenvalue weighted by atomic mass is 9.93. The lowest BCUT2D eigenvalue weighted by Crippen LogP contribution is -2.64. The fraction of sp³-hybridized carbons (Fsp3) is 0.733. The second-order valence-corrected chi connectivity index (χ2v) is 5.57. The van der Waals surface area contributed by atoms with E-state index in [1.807, 2.05) is 40.7 Å². The van der Waals surface area contributed by atoms with Gasteiger partial charge in [0.1, 0.15) is 12.1 Å². The van der Waals surface area contributed by atoms with Crippen LogP contribution in [0.2, 0.25) is 0 Å². The van der Waals surface area contributed by atoms with Crippen molar-refractivity contribution in [1.82, 2.24) is 10.2 Å². The first-order valence-electron chi connectivity index (χ1n) is 7.16. The number of allylic oxidation sites excluding steroid dienone is 1. The van der Waals surface area contributed by atoms with Gasteiger partial charge >= 0.3 is 0 Å². The highest BCUT2D eigenvalue weighted by Gasteiger charge is 2.41. The van der Waals surface area contributed by atoms with Crippen LogP contribution in [-0.2, 0) is 9.59 Å². The molecule has 0 aromatic heterocycles. The maximum absolute atomic E-state index is 12.4. The van der Waals surface area contributed by atoms with E-state index in [4.69, 9.17) is 0 Å². The average molecular weight is 266 g/mol. The number of rotatable bonds is 5. The van der Waals surface area contributed by atoms with E-state index >= 15 is 0 Å². The van der Waals surface area contributed by atoms with Crippen molar-refractivity contribution < 1.29 is 9.59 Å². The largest absolute Gasteiger partial charge is 0.343 e. The molecule has 1 rings (SSSR count). The summed E-state index contributed by atoms with van der Waals surface area (Å²) in [6.45, 7) is 10.5. The van der Waals surface area contributed by atoms with E-state index in [9.17, 15) is 9.59 Å². The summed E-state index contributed by atoms with van der Waals surface area (Å²) in [7, 11) is 0. The van der Waals surface area contributed by atoms with Gasteiger partial charge in [0.15, 0.2) is 0 Å². The van der Waals surface area contributed by atoms with Crippen LogP contribution >= 0.6 is 0 Å². The molecule has 19 heavy (non-hydrogen) atoms. The Morgan fingerprint density at radius 2 is 2.00 bits per heavy atom. The fourth-order valence-electron chi connectivity index (χ4n) is 2.35. The number of piperazine rings is 1. The number of amides is 2. The number of nitrogens with one attached hydrogen (secondary N) is 1. The predicted molar refractivity (Wildman–Crippen MR) is 76.6 cm³/mol. The Bertz CT molecular complexity index is 372. The van der Waals surface area contributed by atoms with Gasteiger partial charge in [0.2, 0.25) is 11.8 Å². The van der Waals surface area contributed by atoms with Gasteiger partial charge in [-0.25, -0.2) is 0 Å². The van der Waals surface area contributed by atoms with Gasteiger partial charge in [-0.05, 0) is 26.2 Å². The minimum atomic E-state index is -0.363. The van der Waals surface area contributed by atoms with Crippen molar-refractivity contribution in [3.05, 3.63) is 11.6 Å². The van der Waals surface area contributed by atoms with E-state index in [0.29, 0.717) is 13.0 Å². The first kappa shape index (κ1) is 15.7. The number of hydrogen-bond donors (Lipinski definition) is 1. The molecule has 0 aliphatic carbocycles. The standard InChI is InChI=1S/C15H26N2O2/c1-6-11(5)13-14(18)16-12(7-2)15(19)17(13)9-8-10(3)4/h8,11-13H,6-7,9H2,1-5H3,(H,16,18). The van der Waals surface area contributed by atoms with Crippen molar-refractivity contribution in [3.63, 3.8) is 0 Å². The first-order valence-corrected chi connectivity index (χ1v) is 7.16. The lowest BCUT2D eigenvalue weighted by molar-refractivity contribution is -0.150. The van der Waals surface area contributed by atoms with Gasteiger partial charge in [0, 0.05) is 6.54 Å². The van der Waals surface area contributed by atoms with E-state index in [-0.39, 0.29) is 29.8 Å². The van der Waals surface area contributed by atoms with Gasteiger partial charge < -0.3 is 10.2 Å². The first-order chi connectivity index (χ1) is 8.92. The van der Waals surface area contributed by atoms with Crippen molar-refractivity contribution >= 4 is 11.8 Å². The van der Waals surface area contributed by atoms with E-state index in [0.717, 1.165) is 12.0 Å². The van der Waals surface area contributed by atoms with Crippen LogP contribution in [0.25, 0.3) is 0 Å². The van der Waals surface area contributed by atoms with Crippen molar-refractivity contribution in [3.8, 4) is 0 Å². The van der Waals surface area contributed by atoms with Gasteiger partial charge in [-0.1, -0.05) is 38.8 Å². The summed E-state index contributed by atoms with van der Waals surface area (Å²) < 4.78 is 0. The maximum atomic E-state index is 12.4. The summed E-state index contributed by atoms with van der Waals surface area (Å²) in [5.74, 6) is 0.208. The van der Waals surface area contributed by atoms with Crippen LogP contribution in [0.5, 0.6) is 0 Å². The zero-order chi connectivity index (χ0) is 14.6. The Balaban J connectivity index is 3.00. The van der Waals surface area contributed by atoms with Crippen molar-refractivity contribution in [2.45, 2.75) is 59.5 Å². The summed E-state index contributed by atoms with van der Waals surface area (Å²) in [6, 6.07) is -0.700. The van der Waals surface area contributed by atoms with Crippen molar-refractivity contribution in [2.75, 3.05) is 6.54 Å². The minimum absolute atomic E-state index is 0.0112. The minimum Gasteiger partial charge on any atom is -0.343 e. The molecule has 108 valence electrons. The highest BCUT2D eigenvalue weighted by atomic mass is 16.2. The monoisotopic (exact) mass is 266 g/mol. The summed E-state index contributed by atoms with van der Waals surface area (Å²) >= 11 is 0. The molecule has 1 aliphatic rings. The zero-order valence-electron chi connectivity index (χ0n) is 12.7. The normalized spacial score (nSPS) is 25.0. The molecule has 1 fully saturated rings. The molecule has 4 heteroatoms. The van der Waals surface area contributed by atoms with Crippen molar-refractivity contribution in [1.29, 1.82) is 0 Å². The van der Waals surface area contributed by atoms with Crippen LogP contribution < -0.4 is 5.32 Å². The molecule has 3 unspecified atom stereocenters. The molecule has 0 bridgehead atoms. The predicted octanol–water partition coefficient (Wildman–Crippen LogP) is 2.10. The van der Waals surface area contributed by atoms with Crippen LogP contribution in [0.3, 0.4) is 0 Å². The Labute approximate surface area is 116 Å². The topological polar surface area (TPSA) is 49.4 Å². The highest BCUT2D eigenvalue weighted by Crippen LogP contribution is 2.21. The molecule has 0 radical (unpaired) electrons. The average Bonchev–Trinajstić information content (AvgIpc) is 2.37. The fourth-order valence-corrected chi connectivity index (χ4v) is 2.35. The number of nitrogens with zero attached hydrogens (tertiary/aromatic N) is 1. The summed E-state index contributed by atoms with van der Waals surface area (Å²) in [6.07, 6.45) is 3.54. The molecule has 3 atom stereocenters. The molecule has 1 N–H and O–H groups in total. The Morgan fingerprint density at radius 3 is 2.47 bits per heavy atom. The second kappa shape index (κ2) is 6.73. The Morgan fingerprint density at radius 1 is 1.37 bits per heavy atom. The van der Waals surface area contributed by atoms with E-state index in [2.05, 4.69) is 5.32 Å². The molecule has 0 aromatic rings. The van der Waals surface area contributed by atoms with Crippen LogP contribution in [0.4, 0.5) is 0 Å². The number of hydrogen-bond acceptors (Lipinski definition) is 2. The molecular weight excluding hydrogens is 240 g/mol. The molecule has 0 saturated carbocycles. The van der Waals surface area contributed by atoms with Crippen LogP contribution in [0, 0.1) is 5.92 Å². The molecule has 4 nitrogen and oxygen atoms in total. The lowest BCUT2D eigenvalue weighted by Gasteiger charge is -2.41. The smallest absolute Gasteiger partial charge is 0.246 e. The maximum Gasteiger partial charge on any atom is 0.246 e. The third-order valence-electron chi connectivity index (χ3n) is 3.79. The zero-order valence-corrected chi connectivity index (χ0v) is 12.7. The molecule has 1 heterocycles. The van der Waals surface area contributed by atoms with Gasteiger partial charge in [-0.2, -0.15) is 0 Å². The van der Waals surface area contributed by atoms with E-state index in [1.165, 1.54) is 0 Å². The SMILES string of the molecule is CCC1NC(=O)C(C(C)CC)N(CC=C(C)C)C1=O. The summed E-state index contributed by atoms with van der Waals surface area (Å²) in [4.78, 5) is 26.4. The van der Waals surface area contributed by atoms with Crippen LogP contribution in [0.1, 0.15) is 47.5 Å². The third-order valence-corrected chi connectivity index (χ3v) is 3.79. The molecule has 1 aliphatic heterocycles. The number of carbonyl (C=O) groups excluding carboxylic acids is 2. The summed E-state index contributed by atoms with van der Waals surface area (Å²) in [5.41, 5.74) is 1.16. The Kier molecular flexibility index (Phi) is 5.58. The van der Waals surface area contributed by atoms with Gasteiger partial charge in [-0.3, -0.25) is 9.59 Å². The highest BCUT2D eigenvalue weighted by molar-refractivity contribution is 5.97. The van der Waals surface area contributed by atoms with Gasteiger partial charge in [-0.15, -0.1) is 0 Å². The third kappa shape index (κ3) is 3.58. The second-order valence-electron chi connectivity index (χ2n) is 5.57. The van der Waals surface area contributed by atoms with Crippen molar-refractivity contribution in [2.24, 2.45) is 5.92 Å². The molecule has 0 aromatic carbocycles. The quantitative estimate of drug-likeness (QED) is 0.775. The van der Waals surface area contributed by atoms with E-state index < -0.39 is 0 Å². The molecule has 0 spiro atoms. The van der Waals surface area contributed by atoms with Crippen LogP contribution in [0.15, 0.2) is 11.6 Å². The van der Waals surface area contributed by atoms with Gasteiger partial charge in [0.25, 0.3) is 0 Å². The van der Waals surface area contributed by atoms with Gasteiger partial charge in [0.05, 0.1) is 0 Å². The molecule has 1 saturated heterocycles. The number of carbonyl (C=O) groups is 2. The molecular formula is C15H26N2O2. The van der Waals surface area contributed by atoms with E-state index in [1.54, 1.807) is 4.90 Å². The van der Waals surface area contributed by atoms with Crippen LogP contribution in [-0.4, -0.2) is 35.3 Å². The molecule has 2 amide bonds. The Hall–Kier alpha value is -1.32.